The molecule has 2 aliphatic rings. The number of ether oxygens (including phenoxy) is 4. The maximum Gasteiger partial charge on any atom is 0.215 e. The lowest BCUT2D eigenvalue weighted by atomic mass is 10.0. The Hall–Kier alpha value is -2.35. The second-order valence-electron chi connectivity index (χ2n) is 8.26. The number of nitrogen functional groups attached to an aromatic ring is 1. The third kappa shape index (κ3) is 5.67. The van der Waals surface area contributed by atoms with Crippen molar-refractivity contribution in [1.29, 1.82) is 0 Å². The van der Waals surface area contributed by atoms with Gasteiger partial charge >= 0.3 is 0 Å². The highest BCUT2D eigenvalue weighted by Gasteiger charge is 2.22. The van der Waals surface area contributed by atoms with Crippen LogP contribution in [0.1, 0.15) is 31.7 Å². The first-order valence-electron chi connectivity index (χ1n) is 11.2. The van der Waals surface area contributed by atoms with E-state index in [4.69, 9.17) is 29.7 Å². The third-order valence-electron chi connectivity index (χ3n) is 5.80. The van der Waals surface area contributed by atoms with Gasteiger partial charge in [0.2, 0.25) is 5.88 Å². The zero-order chi connectivity index (χ0) is 21.6. The molecular weight excluding hydrogens is 394 g/mol. The van der Waals surface area contributed by atoms with Gasteiger partial charge in [-0.3, -0.25) is 0 Å². The summed E-state index contributed by atoms with van der Waals surface area (Å²) in [5, 5.41) is 0. The van der Waals surface area contributed by atoms with Crippen LogP contribution in [0.2, 0.25) is 0 Å². The third-order valence-corrected chi connectivity index (χ3v) is 5.80. The number of rotatable bonds is 7. The Kier molecular flexibility index (Phi) is 7.27. The van der Waals surface area contributed by atoms with E-state index in [0.717, 1.165) is 60.6 Å². The average Bonchev–Trinajstić information content (AvgIpc) is 2.79. The van der Waals surface area contributed by atoms with Gasteiger partial charge in [0, 0.05) is 24.9 Å². The molecule has 0 bridgehead atoms. The number of hydrogen-bond acceptors (Lipinski definition) is 7. The SMILES string of the molecule is Cc1ccc(N)cc1-c1cc(OCCOC2CCCCO2)nc(N2CCOCC2C)c1. The molecule has 2 atom stereocenters. The van der Waals surface area contributed by atoms with Crippen LogP contribution in [0, 0.1) is 6.92 Å². The molecule has 31 heavy (non-hydrogen) atoms. The minimum Gasteiger partial charge on any atom is -0.475 e. The summed E-state index contributed by atoms with van der Waals surface area (Å²) in [6.45, 7) is 8.09. The van der Waals surface area contributed by atoms with Crippen LogP contribution in [0.4, 0.5) is 11.5 Å². The van der Waals surface area contributed by atoms with E-state index in [0.29, 0.717) is 32.3 Å². The molecule has 7 nitrogen and oxygen atoms in total. The van der Waals surface area contributed by atoms with E-state index in [1.165, 1.54) is 0 Å². The molecule has 1 aromatic heterocycles. The van der Waals surface area contributed by atoms with Gasteiger partial charge in [0.05, 0.1) is 25.9 Å². The van der Waals surface area contributed by atoms with E-state index in [-0.39, 0.29) is 12.3 Å². The van der Waals surface area contributed by atoms with Gasteiger partial charge in [-0.05, 0) is 68.0 Å². The first-order valence-corrected chi connectivity index (χ1v) is 11.2. The first-order chi connectivity index (χ1) is 15.1. The summed E-state index contributed by atoms with van der Waals surface area (Å²) >= 11 is 0. The Labute approximate surface area is 184 Å². The Balaban J connectivity index is 1.53. The van der Waals surface area contributed by atoms with E-state index in [1.807, 2.05) is 24.3 Å². The highest BCUT2D eigenvalue weighted by molar-refractivity contribution is 5.74. The fourth-order valence-corrected chi connectivity index (χ4v) is 4.05. The van der Waals surface area contributed by atoms with Crippen molar-refractivity contribution in [2.75, 3.05) is 50.2 Å². The fraction of sp³-hybridized carbons (Fsp3) is 0.542. The molecule has 0 aliphatic carbocycles. The maximum absolute atomic E-state index is 6.07. The van der Waals surface area contributed by atoms with Crippen LogP contribution < -0.4 is 15.4 Å². The molecule has 2 saturated heterocycles. The summed E-state index contributed by atoms with van der Waals surface area (Å²) in [6.07, 6.45) is 3.09. The van der Waals surface area contributed by atoms with E-state index in [2.05, 4.69) is 24.8 Å². The lowest BCUT2D eigenvalue weighted by Gasteiger charge is -2.34. The molecule has 0 saturated carbocycles. The second-order valence-corrected chi connectivity index (χ2v) is 8.26. The van der Waals surface area contributed by atoms with Crippen molar-refractivity contribution >= 4 is 11.5 Å². The number of aryl methyl sites for hydroxylation is 1. The van der Waals surface area contributed by atoms with Gasteiger partial charge in [0.1, 0.15) is 12.4 Å². The van der Waals surface area contributed by atoms with Crippen molar-refractivity contribution in [2.45, 2.75) is 45.4 Å². The van der Waals surface area contributed by atoms with Crippen LogP contribution >= 0.6 is 0 Å². The summed E-state index contributed by atoms with van der Waals surface area (Å²) in [7, 11) is 0. The Bertz CT molecular complexity index is 870. The molecule has 1 aromatic carbocycles. The highest BCUT2D eigenvalue weighted by atomic mass is 16.7. The number of nitrogens with zero attached hydrogens (tertiary/aromatic N) is 2. The summed E-state index contributed by atoms with van der Waals surface area (Å²) in [5.74, 6) is 1.47. The van der Waals surface area contributed by atoms with E-state index in [9.17, 15) is 0 Å². The number of aromatic nitrogens is 1. The number of nitrogens with two attached hydrogens (primary N) is 1. The monoisotopic (exact) mass is 427 g/mol. The van der Waals surface area contributed by atoms with Gasteiger partial charge in [0.25, 0.3) is 0 Å². The molecule has 2 fully saturated rings. The van der Waals surface area contributed by atoms with E-state index >= 15 is 0 Å². The van der Waals surface area contributed by atoms with Crippen LogP contribution in [0.5, 0.6) is 5.88 Å². The molecule has 168 valence electrons. The van der Waals surface area contributed by atoms with Crippen molar-refractivity contribution in [3.8, 4) is 17.0 Å². The van der Waals surface area contributed by atoms with Gasteiger partial charge in [0.15, 0.2) is 6.29 Å². The maximum atomic E-state index is 6.07. The molecule has 0 amide bonds. The molecule has 2 N–H and O–H groups in total. The topological polar surface area (TPSA) is 79.1 Å². The molecule has 3 heterocycles. The minimum absolute atomic E-state index is 0.114. The minimum atomic E-state index is -0.114. The molecule has 2 aromatic rings. The fourth-order valence-electron chi connectivity index (χ4n) is 4.05. The summed E-state index contributed by atoms with van der Waals surface area (Å²) < 4.78 is 23.0. The summed E-state index contributed by atoms with van der Waals surface area (Å²) in [5.41, 5.74) is 10.1. The number of pyridine rings is 1. The predicted octanol–water partition coefficient (Wildman–Crippen LogP) is 3.79. The van der Waals surface area contributed by atoms with Gasteiger partial charge in [-0.2, -0.15) is 4.98 Å². The number of morpholine rings is 1. The summed E-state index contributed by atoms with van der Waals surface area (Å²) in [6, 6.07) is 10.3. The molecule has 7 heteroatoms. The van der Waals surface area contributed by atoms with Gasteiger partial charge in [-0.25, -0.2) is 0 Å². The first kappa shape index (κ1) is 21.9. The van der Waals surface area contributed by atoms with Crippen LogP contribution in [0.15, 0.2) is 30.3 Å². The van der Waals surface area contributed by atoms with Crippen LogP contribution in [-0.4, -0.2) is 56.9 Å². The largest absolute Gasteiger partial charge is 0.475 e. The molecule has 0 radical (unpaired) electrons. The van der Waals surface area contributed by atoms with Gasteiger partial charge < -0.3 is 29.6 Å². The van der Waals surface area contributed by atoms with Crippen molar-refractivity contribution in [2.24, 2.45) is 0 Å². The highest BCUT2D eigenvalue weighted by Crippen LogP contribution is 2.32. The standard InChI is InChI=1S/C24H33N3O4/c1-17-6-7-20(25)15-21(17)19-13-22(27-8-10-28-16-18(27)2)26-23(14-19)29-11-12-31-24-5-3-4-9-30-24/h6-7,13-15,18,24H,3-5,8-12,16,25H2,1-2H3. The molecule has 2 aliphatic heterocycles. The van der Waals surface area contributed by atoms with Crippen molar-refractivity contribution < 1.29 is 18.9 Å². The van der Waals surface area contributed by atoms with Crippen LogP contribution in [0.25, 0.3) is 11.1 Å². The van der Waals surface area contributed by atoms with Gasteiger partial charge in [-0.1, -0.05) is 6.07 Å². The van der Waals surface area contributed by atoms with Crippen molar-refractivity contribution in [1.82, 2.24) is 4.98 Å². The Morgan fingerprint density at radius 3 is 2.87 bits per heavy atom. The van der Waals surface area contributed by atoms with E-state index < -0.39 is 0 Å². The average molecular weight is 428 g/mol. The smallest absolute Gasteiger partial charge is 0.215 e. The Morgan fingerprint density at radius 2 is 2.06 bits per heavy atom. The normalized spacial score (nSPS) is 21.8. The van der Waals surface area contributed by atoms with Crippen LogP contribution in [0.3, 0.4) is 0 Å². The zero-order valence-corrected chi connectivity index (χ0v) is 18.5. The lowest BCUT2D eigenvalue weighted by molar-refractivity contribution is -0.165. The second kappa shape index (κ2) is 10.3. The molecule has 4 rings (SSSR count). The lowest BCUT2D eigenvalue weighted by Crippen LogP contribution is -2.44. The summed E-state index contributed by atoms with van der Waals surface area (Å²) in [4.78, 5) is 7.07. The Morgan fingerprint density at radius 1 is 1.16 bits per heavy atom. The van der Waals surface area contributed by atoms with Crippen molar-refractivity contribution in [3.63, 3.8) is 0 Å². The predicted molar refractivity (Wildman–Crippen MR) is 121 cm³/mol. The molecular formula is C24H33N3O4. The van der Waals surface area contributed by atoms with Crippen LogP contribution in [-0.2, 0) is 14.2 Å². The van der Waals surface area contributed by atoms with E-state index in [1.54, 1.807) is 0 Å². The zero-order valence-electron chi connectivity index (χ0n) is 18.5. The number of anilines is 2. The quantitative estimate of drug-likeness (QED) is 0.532. The van der Waals surface area contributed by atoms with Gasteiger partial charge in [-0.15, -0.1) is 0 Å². The number of benzene rings is 1. The number of hydrogen-bond donors (Lipinski definition) is 1. The molecule has 0 spiro atoms. The van der Waals surface area contributed by atoms with Crippen molar-refractivity contribution in [3.05, 3.63) is 35.9 Å². The molecule has 2 unspecified atom stereocenters.